The summed E-state index contributed by atoms with van der Waals surface area (Å²) >= 11 is 0. The molecule has 2 aromatic carbocycles. The smallest absolute Gasteiger partial charge is 0.344 e. The van der Waals surface area contributed by atoms with Crippen LogP contribution < -0.4 is 14.9 Å². The lowest BCUT2D eigenvalue weighted by Crippen LogP contribution is -2.14. The minimum atomic E-state index is -0.488. The molecule has 0 aliphatic carbocycles. The highest BCUT2D eigenvalue weighted by Crippen LogP contribution is 2.27. The number of aryl methyl sites for hydroxylation is 1. The first-order chi connectivity index (χ1) is 13.0. The second-order valence-electron chi connectivity index (χ2n) is 5.62. The van der Waals surface area contributed by atoms with Crippen molar-refractivity contribution in [3.63, 3.8) is 0 Å². The van der Waals surface area contributed by atoms with Crippen LogP contribution in [0.25, 0.3) is 11.0 Å². The third-order valence-corrected chi connectivity index (χ3v) is 3.68. The molecular weight excluding hydrogens is 355 g/mol. The van der Waals surface area contributed by atoms with Crippen molar-refractivity contribution in [1.29, 1.82) is 0 Å². The van der Waals surface area contributed by atoms with Gasteiger partial charge in [-0.15, -0.1) is 0 Å². The molecule has 140 valence electrons. The molecule has 6 nitrogen and oxygen atoms in total. The molecule has 27 heavy (non-hydrogen) atoms. The molecule has 0 radical (unpaired) electrons. The number of esters is 1. The normalized spacial score (nSPS) is 10.6. The van der Waals surface area contributed by atoms with Crippen LogP contribution in [0, 0.1) is 12.7 Å². The standard InChI is InChI=1S/C20H17FO6/c1-3-24-18(22)11-25-15-8-9-16-17(10-15)26-12(2)20(19(16)23)27-14-6-4-13(21)5-7-14/h4-10H,3,11H2,1-2H3. The lowest BCUT2D eigenvalue weighted by Gasteiger charge is -2.10. The molecule has 0 atom stereocenters. The molecule has 7 heteroatoms. The van der Waals surface area contributed by atoms with E-state index < -0.39 is 11.8 Å². The Hall–Kier alpha value is -3.35. The summed E-state index contributed by atoms with van der Waals surface area (Å²) in [5.74, 6) is 0.0813. The highest BCUT2D eigenvalue weighted by molar-refractivity contribution is 5.80. The third-order valence-electron chi connectivity index (χ3n) is 3.68. The highest BCUT2D eigenvalue weighted by atomic mass is 19.1. The van der Waals surface area contributed by atoms with E-state index in [1.807, 2.05) is 0 Å². The number of hydrogen-bond acceptors (Lipinski definition) is 6. The van der Waals surface area contributed by atoms with Gasteiger partial charge >= 0.3 is 5.97 Å². The van der Waals surface area contributed by atoms with Crippen LogP contribution in [-0.4, -0.2) is 19.2 Å². The predicted molar refractivity (Wildman–Crippen MR) is 95.8 cm³/mol. The van der Waals surface area contributed by atoms with Crippen LogP contribution >= 0.6 is 0 Å². The van der Waals surface area contributed by atoms with Crippen molar-refractivity contribution in [2.75, 3.05) is 13.2 Å². The van der Waals surface area contributed by atoms with Crippen molar-refractivity contribution >= 4 is 16.9 Å². The summed E-state index contributed by atoms with van der Waals surface area (Å²) < 4.78 is 34.4. The van der Waals surface area contributed by atoms with E-state index in [2.05, 4.69) is 0 Å². The molecule has 3 rings (SSSR count). The van der Waals surface area contributed by atoms with E-state index in [1.165, 1.54) is 36.4 Å². The lowest BCUT2D eigenvalue weighted by atomic mass is 10.2. The quantitative estimate of drug-likeness (QED) is 0.610. The van der Waals surface area contributed by atoms with E-state index in [4.69, 9.17) is 18.6 Å². The van der Waals surface area contributed by atoms with Gasteiger partial charge in [0.05, 0.1) is 12.0 Å². The fourth-order valence-corrected chi connectivity index (χ4v) is 2.44. The first-order valence-electron chi connectivity index (χ1n) is 8.27. The Kier molecular flexibility index (Phi) is 5.40. The molecule has 0 amide bonds. The van der Waals surface area contributed by atoms with Gasteiger partial charge in [0.25, 0.3) is 0 Å². The van der Waals surface area contributed by atoms with Crippen LogP contribution in [-0.2, 0) is 9.53 Å². The average Bonchev–Trinajstić information content (AvgIpc) is 2.65. The van der Waals surface area contributed by atoms with E-state index in [9.17, 15) is 14.0 Å². The Morgan fingerprint density at radius 2 is 1.81 bits per heavy atom. The molecule has 0 fully saturated rings. The second kappa shape index (κ2) is 7.90. The van der Waals surface area contributed by atoms with Crippen molar-refractivity contribution in [3.8, 4) is 17.2 Å². The van der Waals surface area contributed by atoms with Gasteiger partial charge in [0.2, 0.25) is 11.2 Å². The largest absolute Gasteiger partial charge is 0.482 e. The Bertz CT molecular complexity index is 1020. The number of carbonyl (C=O) groups excluding carboxylic acids is 1. The summed E-state index contributed by atoms with van der Waals surface area (Å²) in [7, 11) is 0. The molecule has 1 aromatic heterocycles. The SMILES string of the molecule is CCOC(=O)COc1ccc2c(=O)c(Oc3ccc(F)cc3)c(C)oc2c1. The Morgan fingerprint density at radius 3 is 2.52 bits per heavy atom. The summed E-state index contributed by atoms with van der Waals surface area (Å²) in [6.07, 6.45) is 0. The molecule has 0 N–H and O–H groups in total. The molecule has 1 heterocycles. The summed E-state index contributed by atoms with van der Waals surface area (Å²) in [5.41, 5.74) is -0.0691. The molecule has 0 unspecified atom stereocenters. The maximum atomic E-state index is 13.0. The summed E-state index contributed by atoms with van der Waals surface area (Å²) in [4.78, 5) is 24.1. The Balaban J connectivity index is 1.88. The lowest BCUT2D eigenvalue weighted by molar-refractivity contribution is -0.145. The summed E-state index contributed by atoms with van der Waals surface area (Å²) in [6.45, 7) is 3.32. The zero-order chi connectivity index (χ0) is 19.4. The second-order valence-corrected chi connectivity index (χ2v) is 5.62. The molecular formula is C20H17FO6. The predicted octanol–water partition coefficient (Wildman–Crippen LogP) is 3.97. The van der Waals surface area contributed by atoms with Crippen molar-refractivity contribution in [2.24, 2.45) is 0 Å². The van der Waals surface area contributed by atoms with Crippen molar-refractivity contribution in [2.45, 2.75) is 13.8 Å². The molecule has 0 saturated carbocycles. The monoisotopic (exact) mass is 372 g/mol. The first kappa shape index (κ1) is 18.4. The number of benzene rings is 2. The maximum absolute atomic E-state index is 13.0. The molecule has 0 bridgehead atoms. The van der Waals surface area contributed by atoms with E-state index in [0.29, 0.717) is 22.5 Å². The Labute approximate surface area is 154 Å². The van der Waals surface area contributed by atoms with Gasteiger partial charge in [-0.05, 0) is 50.2 Å². The van der Waals surface area contributed by atoms with Crippen LogP contribution in [0.3, 0.4) is 0 Å². The van der Waals surface area contributed by atoms with Crippen LogP contribution in [0.15, 0.2) is 51.7 Å². The van der Waals surface area contributed by atoms with Gasteiger partial charge in [-0.25, -0.2) is 9.18 Å². The number of ether oxygens (including phenoxy) is 3. The van der Waals surface area contributed by atoms with Gasteiger partial charge in [0, 0.05) is 6.07 Å². The summed E-state index contributed by atoms with van der Waals surface area (Å²) in [6, 6.07) is 9.91. The fraction of sp³-hybridized carbons (Fsp3) is 0.200. The molecule has 0 aliphatic heterocycles. The summed E-state index contributed by atoms with van der Waals surface area (Å²) in [5, 5.41) is 0.293. The fourth-order valence-electron chi connectivity index (χ4n) is 2.44. The number of rotatable bonds is 6. The van der Waals surface area contributed by atoms with Gasteiger partial charge < -0.3 is 18.6 Å². The van der Waals surface area contributed by atoms with Crippen molar-refractivity contribution in [1.82, 2.24) is 0 Å². The first-order valence-corrected chi connectivity index (χ1v) is 8.27. The third kappa shape index (κ3) is 4.25. The molecule has 0 aliphatic rings. The van der Waals surface area contributed by atoms with Crippen molar-refractivity contribution in [3.05, 3.63) is 64.3 Å². The molecule has 0 saturated heterocycles. The van der Waals surface area contributed by atoms with Crippen LogP contribution in [0.2, 0.25) is 0 Å². The van der Waals surface area contributed by atoms with E-state index >= 15 is 0 Å². The van der Waals surface area contributed by atoms with Crippen molar-refractivity contribution < 1.29 is 27.8 Å². The maximum Gasteiger partial charge on any atom is 0.344 e. The number of hydrogen-bond donors (Lipinski definition) is 0. The van der Waals surface area contributed by atoms with E-state index in [1.54, 1.807) is 19.9 Å². The average molecular weight is 372 g/mol. The van der Waals surface area contributed by atoms with Gasteiger partial charge in [0.15, 0.2) is 6.61 Å². The van der Waals surface area contributed by atoms with Gasteiger partial charge in [0.1, 0.15) is 28.7 Å². The van der Waals surface area contributed by atoms with E-state index in [-0.39, 0.29) is 30.2 Å². The number of fused-ring (bicyclic) bond motifs is 1. The number of halogens is 1. The minimum absolute atomic E-state index is 0.0225. The highest BCUT2D eigenvalue weighted by Gasteiger charge is 2.15. The minimum Gasteiger partial charge on any atom is -0.482 e. The topological polar surface area (TPSA) is 75.0 Å². The van der Waals surface area contributed by atoms with E-state index in [0.717, 1.165) is 0 Å². The van der Waals surface area contributed by atoms with Crippen LogP contribution in [0.1, 0.15) is 12.7 Å². The number of carbonyl (C=O) groups is 1. The zero-order valence-corrected chi connectivity index (χ0v) is 14.8. The van der Waals surface area contributed by atoms with Gasteiger partial charge in [-0.1, -0.05) is 0 Å². The molecule has 0 spiro atoms. The van der Waals surface area contributed by atoms with Crippen LogP contribution in [0.4, 0.5) is 4.39 Å². The molecule has 3 aromatic rings. The van der Waals surface area contributed by atoms with Gasteiger partial charge in [-0.3, -0.25) is 4.79 Å². The zero-order valence-electron chi connectivity index (χ0n) is 14.8. The van der Waals surface area contributed by atoms with Crippen LogP contribution in [0.5, 0.6) is 17.2 Å². The Morgan fingerprint density at radius 1 is 1.11 bits per heavy atom. The van der Waals surface area contributed by atoms with Gasteiger partial charge in [-0.2, -0.15) is 0 Å².